The van der Waals surface area contributed by atoms with Crippen LogP contribution in [0.15, 0.2) is 123 Å². The molecular weight excluding hydrogens is 753 g/mol. The number of nitrogens with zero attached hydrogens (tertiary/aromatic N) is 2. The van der Waals surface area contributed by atoms with Gasteiger partial charge in [0.25, 0.3) is 23.6 Å². The van der Waals surface area contributed by atoms with E-state index in [1.54, 1.807) is 25.4 Å². The van der Waals surface area contributed by atoms with Gasteiger partial charge >= 0.3 is 0 Å². The molecule has 7 rings (SSSR count). The molecule has 0 radical (unpaired) electrons. The molecule has 302 valence electrons. The van der Waals surface area contributed by atoms with E-state index >= 15 is 0 Å². The van der Waals surface area contributed by atoms with Gasteiger partial charge in [-0.05, 0) is 79.7 Å². The lowest BCUT2D eigenvalue weighted by Gasteiger charge is -2.27. The Kier molecular flexibility index (Phi) is 11.9. The maximum atomic E-state index is 13.3. The van der Waals surface area contributed by atoms with Gasteiger partial charge < -0.3 is 26.6 Å². The Balaban J connectivity index is 0.876. The highest BCUT2D eigenvalue weighted by Crippen LogP contribution is 2.35. The predicted octanol–water partition coefficient (Wildman–Crippen LogP) is 3.15. The molecule has 1 fully saturated rings. The number of anilines is 2. The first kappa shape index (κ1) is 40.1. The zero-order chi connectivity index (χ0) is 41.6. The van der Waals surface area contributed by atoms with E-state index in [1.807, 2.05) is 61.6 Å². The number of carbonyl (C=O) groups is 7. The molecule has 2 aromatic carbocycles. The Morgan fingerprint density at radius 1 is 0.915 bits per heavy atom. The number of benzene rings is 2. The fourth-order valence-electron chi connectivity index (χ4n) is 7.56. The molecule has 59 heavy (non-hydrogen) atoms. The summed E-state index contributed by atoms with van der Waals surface area (Å²) in [7, 11) is 1.59. The molecule has 3 aliphatic heterocycles. The number of dihydropyridines is 1. The average molecular weight is 797 g/mol. The lowest BCUT2D eigenvalue weighted by atomic mass is 9.86. The van der Waals surface area contributed by atoms with Gasteiger partial charge in [-0.25, -0.2) is 0 Å². The minimum absolute atomic E-state index is 0.0175. The van der Waals surface area contributed by atoms with E-state index < -0.39 is 29.7 Å². The number of carbonyl (C=O) groups excluding carboxylic acids is 7. The van der Waals surface area contributed by atoms with Crippen molar-refractivity contribution in [3.63, 3.8) is 0 Å². The average Bonchev–Trinajstić information content (AvgIpc) is 3.49. The van der Waals surface area contributed by atoms with Crippen LogP contribution in [-0.4, -0.2) is 91.2 Å². The molecule has 2 aliphatic carbocycles. The number of piperidine rings is 1. The van der Waals surface area contributed by atoms with Crippen molar-refractivity contribution in [2.24, 2.45) is 4.99 Å². The summed E-state index contributed by atoms with van der Waals surface area (Å²) in [4.78, 5) is 94.5. The van der Waals surface area contributed by atoms with Gasteiger partial charge in [0.2, 0.25) is 17.7 Å². The molecule has 2 atom stereocenters. The summed E-state index contributed by atoms with van der Waals surface area (Å²) in [6.45, 7) is 2.52. The second-order valence-electron chi connectivity index (χ2n) is 14.5. The molecule has 2 unspecified atom stereocenters. The van der Waals surface area contributed by atoms with Crippen LogP contribution >= 0.6 is 0 Å². The van der Waals surface area contributed by atoms with Gasteiger partial charge in [-0.15, -0.1) is 0 Å². The minimum atomic E-state index is -1.09. The summed E-state index contributed by atoms with van der Waals surface area (Å²) >= 11 is 0. The normalized spacial score (nSPS) is 20.8. The van der Waals surface area contributed by atoms with Crippen LogP contribution in [0, 0.1) is 0 Å². The quantitative estimate of drug-likeness (QED) is 0.130. The fourth-order valence-corrected chi connectivity index (χ4v) is 7.56. The van der Waals surface area contributed by atoms with Crippen LogP contribution in [0.25, 0.3) is 0 Å². The van der Waals surface area contributed by atoms with Crippen molar-refractivity contribution in [1.29, 1.82) is 0 Å². The predicted molar refractivity (Wildman–Crippen MR) is 221 cm³/mol. The molecule has 6 N–H and O–H groups in total. The van der Waals surface area contributed by atoms with Crippen LogP contribution in [0.1, 0.15) is 59.7 Å². The zero-order valence-electron chi connectivity index (χ0n) is 32.6. The van der Waals surface area contributed by atoms with Gasteiger partial charge in [0.1, 0.15) is 6.04 Å². The molecule has 3 heterocycles. The van der Waals surface area contributed by atoms with Gasteiger partial charge in [-0.1, -0.05) is 48.6 Å². The van der Waals surface area contributed by atoms with Crippen molar-refractivity contribution < 1.29 is 33.6 Å². The van der Waals surface area contributed by atoms with E-state index in [0.29, 0.717) is 49.2 Å². The minimum Gasteiger partial charge on any atom is -0.375 e. The largest absolute Gasteiger partial charge is 0.375 e. The van der Waals surface area contributed by atoms with Crippen molar-refractivity contribution in [3.05, 3.63) is 129 Å². The van der Waals surface area contributed by atoms with Crippen molar-refractivity contribution in [3.8, 4) is 0 Å². The van der Waals surface area contributed by atoms with Gasteiger partial charge in [0, 0.05) is 55.3 Å². The number of aliphatic imine (C=N–C) groups is 1. The van der Waals surface area contributed by atoms with E-state index in [9.17, 15) is 33.6 Å². The summed E-state index contributed by atoms with van der Waals surface area (Å²) in [5.41, 5.74) is 6.77. The Hall–Kier alpha value is -7.16. The van der Waals surface area contributed by atoms with Crippen molar-refractivity contribution in [2.45, 2.75) is 51.1 Å². The number of imide groups is 2. The summed E-state index contributed by atoms with van der Waals surface area (Å²) in [5, 5.41) is 17.0. The van der Waals surface area contributed by atoms with E-state index in [4.69, 9.17) is 0 Å². The molecular formula is C44H44N8O7. The number of allylic oxidation sites excluding steroid dienone is 6. The van der Waals surface area contributed by atoms with Crippen LogP contribution < -0.4 is 31.9 Å². The second kappa shape index (κ2) is 17.5. The number of para-hydroxylation sites is 1. The van der Waals surface area contributed by atoms with Crippen LogP contribution in [0.2, 0.25) is 0 Å². The highest BCUT2D eigenvalue weighted by Gasteiger charge is 2.45. The number of fused-ring (bicyclic) bond motifs is 2. The Morgan fingerprint density at radius 2 is 1.69 bits per heavy atom. The maximum Gasteiger partial charge on any atom is 0.264 e. The van der Waals surface area contributed by atoms with Gasteiger partial charge in [-0.3, -0.25) is 48.8 Å². The fraction of sp³-hybridized carbons (Fsp3) is 0.273. The number of nitrogens with one attached hydrogen (secondary N) is 6. The monoisotopic (exact) mass is 796 g/mol. The Bertz CT molecular complexity index is 2370. The highest BCUT2D eigenvalue weighted by atomic mass is 16.2. The first-order valence-electron chi connectivity index (χ1n) is 19.5. The number of unbranched alkanes of at least 4 members (excludes halogenated alkanes) is 1. The van der Waals surface area contributed by atoms with E-state index in [2.05, 4.69) is 43.0 Å². The molecule has 1 saturated heterocycles. The van der Waals surface area contributed by atoms with E-state index in [1.165, 1.54) is 6.07 Å². The molecule has 0 spiro atoms. The van der Waals surface area contributed by atoms with Crippen molar-refractivity contribution in [2.75, 3.05) is 37.3 Å². The number of rotatable bonds is 13. The van der Waals surface area contributed by atoms with Crippen molar-refractivity contribution in [1.82, 2.24) is 26.2 Å². The third kappa shape index (κ3) is 8.59. The van der Waals surface area contributed by atoms with Crippen LogP contribution in [0.5, 0.6) is 0 Å². The first-order valence-corrected chi connectivity index (χ1v) is 19.5. The maximum absolute atomic E-state index is 13.3. The van der Waals surface area contributed by atoms with Crippen LogP contribution in [0.4, 0.5) is 11.4 Å². The van der Waals surface area contributed by atoms with Crippen LogP contribution in [-0.2, 0) is 24.0 Å². The van der Waals surface area contributed by atoms with Gasteiger partial charge in [0.05, 0.1) is 35.0 Å². The van der Waals surface area contributed by atoms with E-state index in [0.717, 1.165) is 32.9 Å². The lowest BCUT2D eigenvalue weighted by Crippen LogP contribution is -2.54. The smallest absolute Gasteiger partial charge is 0.264 e. The summed E-state index contributed by atoms with van der Waals surface area (Å²) in [6, 6.07) is 13.0. The van der Waals surface area contributed by atoms with Crippen LogP contribution in [0.3, 0.4) is 0 Å². The third-order valence-electron chi connectivity index (χ3n) is 10.6. The summed E-state index contributed by atoms with van der Waals surface area (Å²) in [6.07, 6.45) is 13.5. The topological polar surface area (TPSA) is 207 Å². The lowest BCUT2D eigenvalue weighted by molar-refractivity contribution is -0.136. The highest BCUT2D eigenvalue weighted by molar-refractivity contribution is 6.25. The number of amides is 7. The van der Waals surface area contributed by atoms with Gasteiger partial charge in [0.15, 0.2) is 0 Å². The number of hydrogen-bond donors (Lipinski definition) is 6. The molecule has 15 nitrogen and oxygen atoms in total. The second-order valence-corrected chi connectivity index (χ2v) is 14.5. The van der Waals surface area contributed by atoms with E-state index in [-0.39, 0.29) is 60.0 Å². The number of hydrogen-bond acceptors (Lipinski definition) is 10. The zero-order valence-corrected chi connectivity index (χ0v) is 32.6. The molecule has 5 aliphatic rings. The first-order chi connectivity index (χ1) is 28.5. The van der Waals surface area contributed by atoms with Crippen molar-refractivity contribution >= 4 is 58.9 Å². The van der Waals surface area contributed by atoms with Gasteiger partial charge in [-0.2, -0.15) is 0 Å². The molecule has 0 bridgehead atoms. The standard InChI is InChI=1S/C44H44N8O7/c1-25-21-26(27-14-16-33-31(22-27)39(32(23-48-33)40(55)45-2)50-28-9-4-3-5-10-28)13-15-29(25)41(56)47-20-7-6-19-46-37(54)24-49-34-12-8-11-30-38(34)44(59)52(43(30)58)35-17-18-36(53)51-42(35)57/h3-5,8-12,14-16,21-23,33,35,49-50H,6-7,13,17-20,24H2,1-2H3,(H,45,55)(H,46,54)(H,47,56)(H,51,53,57). The Labute approximate surface area is 340 Å². The molecule has 15 heteroatoms. The number of likely N-dealkylation sites (N-methyl/N-ethyl adjacent to an activating group) is 1. The molecule has 7 amide bonds. The third-order valence-corrected chi connectivity index (χ3v) is 10.6. The molecule has 0 saturated carbocycles. The molecule has 0 aromatic heterocycles. The summed E-state index contributed by atoms with van der Waals surface area (Å²) < 4.78 is 0. The Morgan fingerprint density at radius 3 is 2.44 bits per heavy atom. The molecule has 2 aromatic rings. The summed E-state index contributed by atoms with van der Waals surface area (Å²) in [5.74, 6) is -3.18. The SMILES string of the molecule is CNC(=O)C1=C(Nc2ccccc2)C2=CC(=C3C=C(C)C(C(=O)NCCCCNC(=O)CNc4cccc5c4C(=O)N(C4CCC(=O)NC4=O)C5=O)=CC3)C=CC2N=C1.